The molecule has 0 aliphatic rings. The maximum Gasteiger partial charge on any atom is 0.471 e. The summed E-state index contributed by atoms with van der Waals surface area (Å²) in [5.74, 6) is -1.81. The molecule has 2 rings (SSSR count). The molecule has 3 N–H and O–H groups in total. The highest BCUT2D eigenvalue weighted by molar-refractivity contribution is 5.99. The molecule has 138 valence electrons. The van der Waals surface area contributed by atoms with Crippen molar-refractivity contribution in [1.82, 2.24) is 9.55 Å². The van der Waals surface area contributed by atoms with Crippen LogP contribution < -0.4 is 10.6 Å². The molecule has 0 bridgehead atoms. The van der Waals surface area contributed by atoms with Crippen LogP contribution in [0.25, 0.3) is 11.0 Å². The average molecular weight is 358 g/mol. The van der Waals surface area contributed by atoms with Crippen LogP contribution in [0.4, 0.5) is 24.8 Å². The van der Waals surface area contributed by atoms with E-state index in [2.05, 4.69) is 4.98 Å². The van der Waals surface area contributed by atoms with Crippen molar-refractivity contribution in [2.75, 3.05) is 10.6 Å². The van der Waals surface area contributed by atoms with E-state index in [1.54, 1.807) is 24.5 Å². The zero-order valence-electron chi connectivity index (χ0n) is 14.4. The molecule has 0 aliphatic heterocycles. The monoisotopic (exact) mass is 358 g/mol. The Kier molecular flexibility index (Phi) is 4.73. The number of benzene rings is 1. The second-order valence-electron chi connectivity index (χ2n) is 6.81. The smallest absolute Gasteiger partial charge is 0.389 e. The van der Waals surface area contributed by atoms with Crippen LogP contribution in [0.1, 0.15) is 27.7 Å². The summed E-state index contributed by atoms with van der Waals surface area (Å²) in [7, 11) is 0. The molecule has 1 aromatic heterocycles. The lowest BCUT2D eigenvalue weighted by Gasteiger charge is -2.27. The highest BCUT2D eigenvalue weighted by atomic mass is 19.4. The first-order valence-corrected chi connectivity index (χ1v) is 7.70. The van der Waals surface area contributed by atoms with Gasteiger partial charge >= 0.3 is 12.1 Å². The molecule has 9 heteroatoms. The third-order valence-corrected chi connectivity index (χ3v) is 3.56. The molecule has 1 amide bonds. The van der Waals surface area contributed by atoms with E-state index in [1.165, 1.54) is 26.0 Å². The van der Waals surface area contributed by atoms with Crippen LogP contribution in [-0.4, -0.2) is 38.4 Å². The van der Waals surface area contributed by atoms with Crippen molar-refractivity contribution in [3.63, 3.8) is 0 Å². The quantitative estimate of drug-likeness (QED) is 0.880. The van der Waals surface area contributed by atoms with Crippen LogP contribution in [0.15, 0.2) is 18.2 Å². The number of aliphatic hydroxyl groups is 1. The molecule has 0 saturated carbocycles. The first-order chi connectivity index (χ1) is 11.3. The number of alkyl halides is 3. The number of hydrogen-bond acceptors (Lipinski definition) is 4. The summed E-state index contributed by atoms with van der Waals surface area (Å²) < 4.78 is 40.1. The molecule has 0 unspecified atom stereocenters. The Labute approximate surface area is 143 Å². The zero-order chi connectivity index (χ0) is 19.2. The fraction of sp³-hybridized carbons (Fsp3) is 0.500. The first-order valence-electron chi connectivity index (χ1n) is 7.70. The molecule has 2 aromatic rings. The van der Waals surface area contributed by atoms with E-state index in [1.807, 2.05) is 0 Å². The number of imidazole rings is 1. The van der Waals surface area contributed by atoms with Gasteiger partial charge in [0.2, 0.25) is 5.95 Å². The van der Waals surface area contributed by atoms with Crippen molar-refractivity contribution in [1.29, 1.82) is 0 Å². The number of nitrogens with two attached hydrogens (primary N) is 1. The summed E-state index contributed by atoms with van der Waals surface area (Å²) in [5.41, 5.74) is 5.80. The van der Waals surface area contributed by atoms with E-state index < -0.39 is 23.7 Å². The lowest BCUT2D eigenvalue weighted by atomic mass is 10.1. The van der Waals surface area contributed by atoms with E-state index in [-0.39, 0.29) is 18.2 Å². The fourth-order valence-electron chi connectivity index (χ4n) is 2.63. The van der Waals surface area contributed by atoms with Gasteiger partial charge in [-0.15, -0.1) is 0 Å². The van der Waals surface area contributed by atoms with Crippen molar-refractivity contribution in [2.45, 2.75) is 52.1 Å². The number of anilines is 2. The van der Waals surface area contributed by atoms with E-state index in [4.69, 9.17) is 5.73 Å². The summed E-state index contributed by atoms with van der Waals surface area (Å²) in [6, 6.07) is 3.64. The average Bonchev–Trinajstić information content (AvgIpc) is 2.71. The molecule has 25 heavy (non-hydrogen) atoms. The highest BCUT2D eigenvalue weighted by Crippen LogP contribution is 2.29. The van der Waals surface area contributed by atoms with Crippen LogP contribution in [0.5, 0.6) is 0 Å². The number of amides is 1. The fourth-order valence-corrected chi connectivity index (χ4v) is 2.63. The predicted molar refractivity (Wildman–Crippen MR) is 89.1 cm³/mol. The van der Waals surface area contributed by atoms with Gasteiger partial charge in [0.1, 0.15) is 0 Å². The number of fused-ring (bicyclic) bond motifs is 1. The zero-order valence-corrected chi connectivity index (χ0v) is 14.4. The van der Waals surface area contributed by atoms with E-state index >= 15 is 0 Å². The number of hydrogen-bond donors (Lipinski definition) is 2. The molecule has 0 radical (unpaired) electrons. The minimum atomic E-state index is -4.97. The maximum absolute atomic E-state index is 12.9. The SMILES string of the molecule is CC(C)N(C(=O)C(F)(F)F)c1ccc2c(c1)nc(N)n2CC(C)(C)O. The maximum atomic E-state index is 12.9. The topological polar surface area (TPSA) is 84.4 Å². The van der Waals surface area contributed by atoms with Gasteiger partial charge in [0.05, 0.1) is 23.2 Å². The van der Waals surface area contributed by atoms with Crippen molar-refractivity contribution < 1.29 is 23.1 Å². The number of aromatic nitrogens is 2. The van der Waals surface area contributed by atoms with Gasteiger partial charge in [-0.1, -0.05) is 0 Å². The number of carbonyl (C=O) groups excluding carboxylic acids is 1. The molecule has 0 atom stereocenters. The Balaban J connectivity index is 2.52. The number of rotatable bonds is 4. The second kappa shape index (κ2) is 6.21. The third-order valence-electron chi connectivity index (χ3n) is 3.56. The lowest BCUT2D eigenvalue weighted by Crippen LogP contribution is -2.45. The van der Waals surface area contributed by atoms with Gasteiger partial charge in [0, 0.05) is 11.7 Å². The number of nitrogen functional groups attached to an aromatic ring is 1. The van der Waals surface area contributed by atoms with E-state index in [9.17, 15) is 23.1 Å². The van der Waals surface area contributed by atoms with Gasteiger partial charge in [0.15, 0.2) is 0 Å². The number of nitrogens with zero attached hydrogens (tertiary/aromatic N) is 3. The summed E-state index contributed by atoms with van der Waals surface area (Å²) in [6.07, 6.45) is -4.97. The third kappa shape index (κ3) is 4.04. The normalized spacial score (nSPS) is 12.8. The van der Waals surface area contributed by atoms with Crippen molar-refractivity contribution in [3.8, 4) is 0 Å². The van der Waals surface area contributed by atoms with Crippen molar-refractivity contribution in [3.05, 3.63) is 18.2 Å². The minimum Gasteiger partial charge on any atom is -0.389 e. The molecule has 1 aromatic carbocycles. The van der Waals surface area contributed by atoms with E-state index in [0.29, 0.717) is 15.9 Å². The highest BCUT2D eigenvalue weighted by Gasteiger charge is 2.44. The summed E-state index contributed by atoms with van der Waals surface area (Å²) in [6.45, 7) is 6.37. The summed E-state index contributed by atoms with van der Waals surface area (Å²) in [5, 5.41) is 9.97. The van der Waals surface area contributed by atoms with Crippen molar-refractivity contribution >= 4 is 28.6 Å². The molecule has 6 nitrogen and oxygen atoms in total. The molecule has 0 spiro atoms. The van der Waals surface area contributed by atoms with Crippen LogP contribution in [-0.2, 0) is 11.3 Å². The molecule has 0 fully saturated rings. The molecular weight excluding hydrogens is 337 g/mol. The molecule has 1 heterocycles. The van der Waals surface area contributed by atoms with Gasteiger partial charge in [-0.25, -0.2) is 4.98 Å². The summed E-state index contributed by atoms with van der Waals surface area (Å²) in [4.78, 5) is 16.5. The minimum absolute atomic E-state index is 0.0812. The Hall–Kier alpha value is -2.29. The number of halogens is 3. The number of carbonyl (C=O) groups is 1. The molecular formula is C16H21F3N4O2. The van der Waals surface area contributed by atoms with Crippen LogP contribution in [0.3, 0.4) is 0 Å². The molecule has 0 saturated heterocycles. The standard InChI is InChI=1S/C16H21F3N4O2/c1-9(2)23(13(24)16(17,18)19)10-5-6-12-11(7-10)21-14(20)22(12)8-15(3,4)25/h5-7,9,25H,8H2,1-4H3,(H2,20,21). The van der Waals surface area contributed by atoms with Gasteiger partial charge in [-0.2, -0.15) is 13.2 Å². The Morgan fingerprint density at radius 1 is 1.36 bits per heavy atom. The van der Waals surface area contributed by atoms with Crippen molar-refractivity contribution in [2.24, 2.45) is 0 Å². The van der Waals surface area contributed by atoms with Crippen LogP contribution in [0.2, 0.25) is 0 Å². The Morgan fingerprint density at radius 2 is 1.96 bits per heavy atom. The van der Waals surface area contributed by atoms with Gasteiger partial charge in [-0.05, 0) is 45.9 Å². The predicted octanol–water partition coefficient (Wildman–Crippen LogP) is 2.69. The summed E-state index contributed by atoms with van der Waals surface area (Å²) >= 11 is 0. The largest absolute Gasteiger partial charge is 0.471 e. The Morgan fingerprint density at radius 3 is 2.44 bits per heavy atom. The van der Waals surface area contributed by atoms with Gasteiger partial charge < -0.3 is 20.3 Å². The van der Waals surface area contributed by atoms with Gasteiger partial charge in [-0.3, -0.25) is 4.79 Å². The van der Waals surface area contributed by atoms with Crippen LogP contribution >= 0.6 is 0 Å². The molecule has 0 aliphatic carbocycles. The Bertz CT molecular complexity index is 791. The first kappa shape index (κ1) is 19.0. The lowest BCUT2D eigenvalue weighted by molar-refractivity contribution is -0.170. The second-order valence-corrected chi connectivity index (χ2v) is 6.81. The van der Waals surface area contributed by atoms with E-state index in [0.717, 1.165) is 0 Å². The van der Waals surface area contributed by atoms with Gasteiger partial charge in [0.25, 0.3) is 0 Å². The van der Waals surface area contributed by atoms with Crippen LogP contribution in [0, 0.1) is 0 Å².